The first kappa shape index (κ1) is 50.4. The van der Waals surface area contributed by atoms with Gasteiger partial charge in [0.2, 0.25) is 0 Å². The minimum atomic E-state index is -3.07. The zero-order valence-electron chi connectivity index (χ0n) is 34.9. The summed E-state index contributed by atoms with van der Waals surface area (Å²) in [7, 11) is 6.71. The number of piperidine rings is 1. The van der Waals surface area contributed by atoms with Gasteiger partial charge in [-0.15, -0.1) is 4.84 Å². The Balaban J connectivity index is 0.0000124. The summed E-state index contributed by atoms with van der Waals surface area (Å²) in [5.74, 6) is -3.97. The van der Waals surface area contributed by atoms with E-state index in [4.69, 9.17) is 28.9 Å². The Labute approximate surface area is 348 Å². The van der Waals surface area contributed by atoms with Crippen molar-refractivity contribution in [1.82, 2.24) is 15.3 Å². The number of carboxylic acids is 2. The third-order valence-electron chi connectivity index (χ3n) is 10.4. The minimum absolute atomic E-state index is 0. The van der Waals surface area contributed by atoms with Gasteiger partial charge in [0.1, 0.15) is 10.5 Å². The number of carbonyl (C=O) groups is 4. The topological polar surface area (TPSA) is 281 Å². The molecule has 5 N–H and O–H groups in total. The van der Waals surface area contributed by atoms with Crippen LogP contribution in [0, 0.1) is 22.2 Å². The van der Waals surface area contributed by atoms with Gasteiger partial charge < -0.3 is 44.5 Å². The van der Waals surface area contributed by atoms with E-state index >= 15 is 0 Å². The van der Waals surface area contributed by atoms with Gasteiger partial charge in [-0.25, -0.2) is 9.80 Å². The lowest BCUT2D eigenvalue weighted by atomic mass is 9.74. The summed E-state index contributed by atoms with van der Waals surface area (Å²) < 4.78 is 22.3. The molecule has 2 aromatic carbocycles. The number of carboxylic acid groups (broad SMARTS) is 2. The van der Waals surface area contributed by atoms with Gasteiger partial charge in [-0.3, -0.25) is 19.9 Å². The Morgan fingerprint density at radius 1 is 1.02 bits per heavy atom. The molecule has 2 aromatic rings. The maximum absolute atomic E-state index is 12.8. The average molecular weight is 848 g/mol. The van der Waals surface area contributed by atoms with Crippen LogP contribution in [0.25, 0.3) is 0 Å². The maximum atomic E-state index is 12.8. The lowest BCUT2D eigenvalue weighted by Crippen LogP contribution is -2.51. The molecular formula is C40H57N5O15. The highest BCUT2D eigenvalue weighted by atomic mass is 17.0. The van der Waals surface area contributed by atoms with Crippen LogP contribution in [0.3, 0.4) is 0 Å². The normalized spacial score (nSPS) is 15.4. The fourth-order valence-corrected chi connectivity index (χ4v) is 6.86. The number of aliphatic hydroxyl groups is 1. The Morgan fingerprint density at radius 3 is 2.23 bits per heavy atom. The van der Waals surface area contributed by atoms with Gasteiger partial charge in [-0.05, 0) is 88.0 Å². The summed E-state index contributed by atoms with van der Waals surface area (Å²) >= 11 is 0. The average Bonchev–Trinajstić information content (AvgIpc) is 3.21. The number of hydrogen-bond donors (Lipinski definition) is 3. The van der Waals surface area contributed by atoms with Crippen molar-refractivity contribution in [2.24, 2.45) is 5.92 Å². The molecule has 0 spiro atoms. The molecule has 1 saturated heterocycles. The monoisotopic (exact) mass is 847 g/mol. The minimum Gasteiger partial charge on any atom is -0.547 e. The number of nitrogens with one attached hydrogen (secondary N) is 1. The molecule has 0 aliphatic carbocycles. The summed E-state index contributed by atoms with van der Waals surface area (Å²) in [5, 5.41) is 41.3. The number of hydrogen-bond acceptors (Lipinski definition) is 16. The number of amides is 1. The Morgan fingerprint density at radius 2 is 1.65 bits per heavy atom. The third kappa shape index (κ3) is 14.2. The smallest absolute Gasteiger partial charge is 0.486 e. The van der Waals surface area contributed by atoms with Crippen LogP contribution >= 0.6 is 0 Å². The van der Waals surface area contributed by atoms with Crippen LogP contribution in [0.2, 0.25) is 0 Å². The molecule has 1 amide bonds. The van der Waals surface area contributed by atoms with E-state index in [1.54, 1.807) is 25.3 Å². The fourth-order valence-electron chi connectivity index (χ4n) is 6.86. The van der Waals surface area contributed by atoms with E-state index in [0.717, 1.165) is 30.5 Å². The zero-order valence-corrected chi connectivity index (χ0v) is 34.9. The molecule has 0 radical (unpaired) electrons. The van der Waals surface area contributed by atoms with Crippen molar-refractivity contribution in [3.63, 3.8) is 0 Å². The van der Waals surface area contributed by atoms with E-state index in [1.165, 1.54) is 7.11 Å². The van der Waals surface area contributed by atoms with Crippen LogP contribution in [-0.2, 0) is 34.3 Å². The van der Waals surface area contributed by atoms with E-state index in [2.05, 4.69) is 35.1 Å². The standard InChI is InChI=1S/C40H55N5O14.H2O/c1-7-15-39(26-41,30-10-12-31(54-4)34(21-30)56-6)16-8-17-43(3)27(2)29-9-11-32(33(20-29)55-5)57-25-35(46)42-44-18-13-28(14-19-44)24-58-45(53)59-37(49)23-40(52,38(50)51)22-36(47)48;/h9-12,20-21,27-28,52H,7-8,13-19,22-25H2,1-6H3,(H2-,42,46,47,48,50,51);1H2. The molecule has 1 aliphatic heterocycles. The Bertz CT molecular complexity index is 1820. The summed E-state index contributed by atoms with van der Waals surface area (Å²) in [4.78, 5) is 69.7. The maximum Gasteiger partial charge on any atom is 0.486 e. The van der Waals surface area contributed by atoms with E-state index in [9.17, 15) is 39.6 Å². The number of carbonyl (C=O) groups excluding carboxylic acids is 3. The van der Waals surface area contributed by atoms with Crippen LogP contribution in [0.4, 0.5) is 0 Å². The van der Waals surface area contributed by atoms with Crippen molar-refractivity contribution in [3.05, 3.63) is 52.4 Å². The summed E-state index contributed by atoms with van der Waals surface area (Å²) in [5.41, 5.74) is 0.924. The second-order valence-electron chi connectivity index (χ2n) is 14.5. The SMILES string of the molecule is CCCC(C#N)(CCCN(C)C(C)c1ccc(OCC(=O)NN2CCC(CO[N+](=O)OC(=O)CC(O)(CC(=O)O)C(=O)[O-])CC2)c(OC)c1)c1ccc(OC)c(OC)c1.O. The van der Waals surface area contributed by atoms with Crippen molar-refractivity contribution in [2.45, 2.75) is 82.3 Å². The lowest BCUT2D eigenvalue weighted by Gasteiger charge is -2.30. The molecule has 1 heterocycles. The largest absolute Gasteiger partial charge is 0.547 e. The van der Waals surface area contributed by atoms with Gasteiger partial charge in [-0.1, -0.05) is 25.5 Å². The molecule has 3 rings (SSSR count). The number of benzene rings is 2. The molecule has 0 bridgehead atoms. The van der Waals surface area contributed by atoms with E-state index in [0.29, 0.717) is 61.8 Å². The summed E-state index contributed by atoms with van der Waals surface area (Å²) in [6, 6.07) is 13.8. The first-order chi connectivity index (χ1) is 28.0. The molecule has 0 aromatic heterocycles. The van der Waals surface area contributed by atoms with Crippen LogP contribution in [0.1, 0.15) is 82.4 Å². The second kappa shape index (κ2) is 23.7. The van der Waals surface area contributed by atoms with Gasteiger partial charge in [0.15, 0.2) is 36.2 Å². The molecule has 0 saturated carbocycles. The van der Waals surface area contributed by atoms with Crippen molar-refractivity contribution < 1.29 is 73.7 Å². The van der Waals surface area contributed by atoms with Crippen LogP contribution in [-0.4, -0.2) is 121 Å². The first-order valence-electron chi connectivity index (χ1n) is 19.2. The molecule has 20 nitrogen and oxygen atoms in total. The molecule has 1 aliphatic rings. The van der Waals surface area contributed by atoms with Gasteiger partial charge in [0, 0.05) is 25.0 Å². The van der Waals surface area contributed by atoms with E-state index in [-0.39, 0.29) is 30.6 Å². The molecule has 60 heavy (non-hydrogen) atoms. The quantitative estimate of drug-likeness (QED) is 0.120. The van der Waals surface area contributed by atoms with Crippen LogP contribution < -0.4 is 29.5 Å². The molecule has 332 valence electrons. The van der Waals surface area contributed by atoms with Crippen molar-refractivity contribution in [2.75, 3.05) is 61.2 Å². The second-order valence-corrected chi connectivity index (χ2v) is 14.5. The first-order valence-corrected chi connectivity index (χ1v) is 19.2. The summed E-state index contributed by atoms with van der Waals surface area (Å²) in [6.45, 7) is 5.23. The molecule has 1 fully saturated rings. The zero-order chi connectivity index (χ0) is 43.8. The molecule has 20 heteroatoms. The lowest BCUT2D eigenvalue weighted by molar-refractivity contribution is -0.964. The van der Waals surface area contributed by atoms with Crippen molar-refractivity contribution >= 4 is 23.8 Å². The number of nitriles is 1. The van der Waals surface area contributed by atoms with E-state index in [1.807, 2.05) is 37.4 Å². The van der Waals surface area contributed by atoms with Gasteiger partial charge in [-0.2, -0.15) is 10.1 Å². The van der Waals surface area contributed by atoms with Crippen molar-refractivity contribution in [3.8, 4) is 29.1 Å². The van der Waals surface area contributed by atoms with Gasteiger partial charge >= 0.3 is 17.0 Å². The molecule has 3 atom stereocenters. The van der Waals surface area contributed by atoms with Gasteiger partial charge in [0.05, 0.1) is 51.6 Å². The Hall–Kier alpha value is -5.75. The number of hydrazine groups is 1. The third-order valence-corrected chi connectivity index (χ3v) is 10.4. The predicted molar refractivity (Wildman–Crippen MR) is 209 cm³/mol. The number of ether oxygens (including phenoxy) is 4. The van der Waals surface area contributed by atoms with Crippen molar-refractivity contribution in [1.29, 1.82) is 5.26 Å². The highest BCUT2D eigenvalue weighted by molar-refractivity contribution is 5.87. The molecular weight excluding hydrogens is 790 g/mol. The molecule has 3 unspecified atom stereocenters. The van der Waals surface area contributed by atoms with E-state index < -0.39 is 52.8 Å². The van der Waals surface area contributed by atoms with Crippen LogP contribution in [0.15, 0.2) is 36.4 Å². The number of methoxy groups -OCH3 is 3. The highest BCUT2D eigenvalue weighted by Gasteiger charge is 2.39. The van der Waals surface area contributed by atoms with Gasteiger partial charge in [0.25, 0.3) is 5.91 Å². The highest BCUT2D eigenvalue weighted by Crippen LogP contribution is 2.39. The number of rotatable bonds is 25. The summed E-state index contributed by atoms with van der Waals surface area (Å²) in [6.07, 6.45) is 1.29. The number of nitrogens with zero attached hydrogens (tertiary/aromatic N) is 4. The fraction of sp³-hybridized carbons (Fsp3) is 0.575. The predicted octanol–water partition coefficient (Wildman–Crippen LogP) is 1.56. The number of aliphatic carboxylic acids is 2. The van der Waals surface area contributed by atoms with Crippen LogP contribution in [0.5, 0.6) is 23.0 Å². The Kier molecular flexibility index (Phi) is 19.9.